The molecule has 0 atom stereocenters. The van der Waals surface area contributed by atoms with Crippen molar-refractivity contribution < 1.29 is 14.3 Å². The molecule has 22 heavy (non-hydrogen) atoms. The van der Waals surface area contributed by atoms with Gasteiger partial charge in [0.2, 0.25) is 0 Å². The number of rotatable bonds is 1. The molecule has 0 aliphatic carbocycles. The van der Waals surface area contributed by atoms with Crippen LogP contribution in [0.1, 0.15) is 26.7 Å². The number of urea groups is 1. The van der Waals surface area contributed by atoms with Gasteiger partial charge in [-0.05, 0) is 12.1 Å². The minimum atomic E-state index is -0.503. The number of hydrogen-bond acceptors (Lipinski definition) is 4. The number of piperidine rings is 1. The van der Waals surface area contributed by atoms with E-state index in [9.17, 15) is 4.79 Å². The van der Waals surface area contributed by atoms with E-state index in [0.717, 1.165) is 0 Å². The van der Waals surface area contributed by atoms with Crippen LogP contribution in [0.5, 0.6) is 0 Å². The molecule has 2 saturated heterocycles. The molecule has 2 amide bonds. The van der Waals surface area contributed by atoms with E-state index in [2.05, 4.69) is 24.1 Å². The Morgan fingerprint density at radius 1 is 1.23 bits per heavy atom. The lowest BCUT2D eigenvalue weighted by molar-refractivity contribution is -0.311. The smallest absolute Gasteiger partial charge is 0.323 e. The van der Waals surface area contributed by atoms with E-state index < -0.39 is 5.79 Å². The number of pyridine rings is 1. The average molecular weight is 305 g/mol. The van der Waals surface area contributed by atoms with Gasteiger partial charge in [0.05, 0.1) is 13.2 Å². The lowest BCUT2D eigenvalue weighted by Gasteiger charge is -2.47. The summed E-state index contributed by atoms with van der Waals surface area (Å²) in [6.45, 7) is 6.92. The van der Waals surface area contributed by atoms with Crippen LogP contribution in [0, 0.1) is 5.41 Å². The number of aromatic nitrogens is 1. The molecule has 6 nitrogen and oxygen atoms in total. The van der Waals surface area contributed by atoms with Crippen molar-refractivity contribution in [2.75, 3.05) is 31.6 Å². The minimum absolute atomic E-state index is 0.0682. The van der Waals surface area contributed by atoms with Gasteiger partial charge in [0.25, 0.3) is 0 Å². The second kappa shape index (κ2) is 5.85. The Morgan fingerprint density at radius 2 is 1.91 bits per heavy atom. The van der Waals surface area contributed by atoms with Gasteiger partial charge in [-0.15, -0.1) is 0 Å². The van der Waals surface area contributed by atoms with Crippen LogP contribution in [0.2, 0.25) is 0 Å². The number of carbonyl (C=O) groups excluding carboxylic acids is 1. The number of likely N-dealkylation sites (tertiary alicyclic amines) is 1. The third kappa shape index (κ3) is 3.39. The van der Waals surface area contributed by atoms with E-state index in [1.54, 1.807) is 17.2 Å². The molecule has 2 fully saturated rings. The molecule has 0 aromatic carbocycles. The number of amides is 2. The van der Waals surface area contributed by atoms with E-state index in [1.165, 1.54) is 0 Å². The zero-order valence-corrected chi connectivity index (χ0v) is 13.2. The first-order valence-electron chi connectivity index (χ1n) is 7.73. The highest BCUT2D eigenvalue weighted by Crippen LogP contribution is 2.36. The molecule has 1 spiro atoms. The third-order valence-electron chi connectivity index (χ3n) is 4.16. The fourth-order valence-corrected chi connectivity index (χ4v) is 2.70. The van der Waals surface area contributed by atoms with Crippen molar-refractivity contribution in [1.29, 1.82) is 0 Å². The minimum Gasteiger partial charge on any atom is -0.349 e. The molecule has 0 bridgehead atoms. The van der Waals surface area contributed by atoms with Crippen LogP contribution in [0.15, 0.2) is 24.4 Å². The fraction of sp³-hybridized carbons (Fsp3) is 0.625. The number of ether oxygens (including phenoxy) is 2. The Hall–Kier alpha value is -1.66. The van der Waals surface area contributed by atoms with E-state index in [4.69, 9.17) is 9.47 Å². The predicted molar refractivity (Wildman–Crippen MR) is 82.5 cm³/mol. The van der Waals surface area contributed by atoms with Crippen LogP contribution in [0.25, 0.3) is 0 Å². The Bertz CT molecular complexity index is 513. The maximum atomic E-state index is 12.2. The van der Waals surface area contributed by atoms with Crippen molar-refractivity contribution in [3.63, 3.8) is 0 Å². The quantitative estimate of drug-likeness (QED) is 0.866. The molecular formula is C16H23N3O3. The van der Waals surface area contributed by atoms with Crippen molar-refractivity contribution in [3.05, 3.63) is 24.4 Å². The lowest BCUT2D eigenvalue weighted by atomic mass is 9.93. The fourth-order valence-electron chi connectivity index (χ4n) is 2.70. The maximum Gasteiger partial charge on any atom is 0.323 e. The predicted octanol–water partition coefficient (Wildman–Crippen LogP) is 2.48. The SMILES string of the molecule is CC1(C)COC2(CCN(C(=O)Nc3ccccn3)CC2)OC1. The first-order chi connectivity index (χ1) is 10.5. The van der Waals surface area contributed by atoms with E-state index in [0.29, 0.717) is 45.0 Å². The van der Waals surface area contributed by atoms with Crippen LogP contribution >= 0.6 is 0 Å². The standard InChI is InChI=1S/C16H23N3O3/c1-15(2)11-21-16(22-12-15)6-9-19(10-7-16)14(20)18-13-5-3-4-8-17-13/h3-5,8H,6-7,9-12H2,1-2H3,(H,17,18,20). The summed E-state index contributed by atoms with van der Waals surface area (Å²) in [5, 5.41) is 2.81. The molecule has 6 heteroatoms. The van der Waals surface area contributed by atoms with Crippen LogP contribution in [0.3, 0.4) is 0 Å². The monoisotopic (exact) mass is 305 g/mol. The van der Waals surface area contributed by atoms with Gasteiger partial charge >= 0.3 is 6.03 Å². The molecule has 3 heterocycles. The molecule has 1 N–H and O–H groups in total. The average Bonchev–Trinajstić information content (AvgIpc) is 2.52. The summed E-state index contributed by atoms with van der Waals surface area (Å²) < 4.78 is 12.0. The number of nitrogens with zero attached hydrogens (tertiary/aromatic N) is 2. The van der Waals surface area contributed by atoms with Gasteiger partial charge in [-0.3, -0.25) is 5.32 Å². The Balaban J connectivity index is 1.52. The summed E-state index contributed by atoms with van der Waals surface area (Å²) in [6.07, 6.45) is 3.07. The number of anilines is 1. The van der Waals surface area contributed by atoms with E-state index >= 15 is 0 Å². The van der Waals surface area contributed by atoms with E-state index in [1.807, 2.05) is 12.1 Å². The summed E-state index contributed by atoms with van der Waals surface area (Å²) >= 11 is 0. The Labute approximate surface area is 130 Å². The first-order valence-corrected chi connectivity index (χ1v) is 7.73. The lowest BCUT2D eigenvalue weighted by Crippen LogP contribution is -2.55. The van der Waals surface area contributed by atoms with Crippen molar-refractivity contribution >= 4 is 11.8 Å². The number of nitrogens with one attached hydrogen (secondary N) is 1. The molecule has 1 aromatic rings. The molecular weight excluding hydrogens is 282 g/mol. The molecule has 3 rings (SSSR count). The van der Waals surface area contributed by atoms with E-state index in [-0.39, 0.29) is 11.4 Å². The van der Waals surface area contributed by atoms with Crippen molar-refractivity contribution in [2.45, 2.75) is 32.5 Å². The highest BCUT2D eigenvalue weighted by molar-refractivity contribution is 5.88. The second-order valence-corrected chi connectivity index (χ2v) is 6.78. The number of carbonyl (C=O) groups is 1. The van der Waals surface area contributed by atoms with Gasteiger partial charge in [0.1, 0.15) is 5.82 Å². The molecule has 0 saturated carbocycles. The van der Waals surface area contributed by atoms with Crippen LogP contribution < -0.4 is 5.32 Å². The summed E-state index contributed by atoms with van der Waals surface area (Å²) in [5.41, 5.74) is 0.0682. The molecule has 2 aliphatic rings. The third-order valence-corrected chi connectivity index (χ3v) is 4.16. The van der Waals surface area contributed by atoms with Crippen molar-refractivity contribution in [2.24, 2.45) is 5.41 Å². The van der Waals surface area contributed by atoms with Gasteiger partial charge < -0.3 is 14.4 Å². The van der Waals surface area contributed by atoms with Gasteiger partial charge in [0.15, 0.2) is 5.79 Å². The molecule has 120 valence electrons. The van der Waals surface area contributed by atoms with Crippen molar-refractivity contribution in [3.8, 4) is 0 Å². The van der Waals surface area contributed by atoms with Crippen molar-refractivity contribution in [1.82, 2.24) is 9.88 Å². The first kappa shape index (κ1) is 15.2. The highest BCUT2D eigenvalue weighted by atomic mass is 16.7. The summed E-state index contributed by atoms with van der Waals surface area (Å²) in [6, 6.07) is 5.32. The van der Waals surface area contributed by atoms with Gasteiger partial charge in [-0.1, -0.05) is 19.9 Å². The molecule has 0 radical (unpaired) electrons. The van der Waals surface area contributed by atoms with Gasteiger partial charge in [-0.2, -0.15) is 0 Å². The normalized spacial score (nSPS) is 23.3. The Morgan fingerprint density at radius 3 is 2.50 bits per heavy atom. The van der Waals surface area contributed by atoms with Gasteiger partial charge in [-0.25, -0.2) is 9.78 Å². The zero-order valence-electron chi connectivity index (χ0n) is 13.2. The maximum absolute atomic E-state index is 12.2. The zero-order chi connectivity index (χ0) is 15.6. The second-order valence-electron chi connectivity index (χ2n) is 6.78. The van der Waals surface area contributed by atoms with Crippen LogP contribution in [0.4, 0.5) is 10.6 Å². The summed E-state index contributed by atoms with van der Waals surface area (Å²) in [5.74, 6) is 0.0665. The topological polar surface area (TPSA) is 63.7 Å². The summed E-state index contributed by atoms with van der Waals surface area (Å²) in [4.78, 5) is 18.1. The van der Waals surface area contributed by atoms with Crippen LogP contribution in [-0.4, -0.2) is 48.0 Å². The van der Waals surface area contributed by atoms with Gasteiger partial charge in [0, 0.05) is 37.5 Å². The summed E-state index contributed by atoms with van der Waals surface area (Å²) in [7, 11) is 0. The largest absolute Gasteiger partial charge is 0.349 e. The molecule has 2 aliphatic heterocycles. The molecule has 1 aromatic heterocycles. The Kier molecular flexibility index (Phi) is 4.06. The number of hydrogen-bond donors (Lipinski definition) is 1. The highest BCUT2D eigenvalue weighted by Gasteiger charge is 2.43. The van der Waals surface area contributed by atoms with Crippen LogP contribution in [-0.2, 0) is 9.47 Å². The molecule has 0 unspecified atom stereocenters.